The number of sulfonamides is 1. The van der Waals surface area contributed by atoms with Crippen molar-refractivity contribution in [3.63, 3.8) is 0 Å². The van der Waals surface area contributed by atoms with E-state index in [-0.39, 0.29) is 5.84 Å². The predicted octanol–water partition coefficient (Wildman–Crippen LogP) is 3.29. The molecule has 29 heavy (non-hydrogen) atoms. The zero-order valence-electron chi connectivity index (χ0n) is 15.7. The van der Waals surface area contributed by atoms with Gasteiger partial charge in [0, 0.05) is 42.5 Å². The van der Waals surface area contributed by atoms with E-state index in [1.165, 1.54) is 4.31 Å². The minimum Gasteiger partial charge on any atom is -0.384 e. The molecule has 1 aliphatic rings. The van der Waals surface area contributed by atoms with Gasteiger partial charge in [-0.2, -0.15) is 4.31 Å². The maximum atomic E-state index is 13.1. The van der Waals surface area contributed by atoms with E-state index in [1.54, 1.807) is 24.3 Å². The molecule has 1 saturated heterocycles. The molecule has 0 bridgehead atoms. The number of hydrogen-bond donors (Lipinski definition) is 2. The Kier molecular flexibility index (Phi) is 5.21. The fourth-order valence-corrected chi connectivity index (χ4v) is 5.18. The van der Waals surface area contributed by atoms with Gasteiger partial charge in [0.2, 0.25) is 10.0 Å². The quantitative estimate of drug-likeness (QED) is 0.492. The molecule has 4 rings (SSSR count). The highest BCUT2D eigenvalue weighted by Crippen LogP contribution is 2.26. The summed E-state index contributed by atoms with van der Waals surface area (Å²) < 4.78 is 27.7. The lowest BCUT2D eigenvalue weighted by atomic mass is 10.1. The highest BCUT2D eigenvalue weighted by Gasteiger charge is 2.28. The SMILES string of the molecule is N=C(N)c1ccc(N2CCN(S(=O)(=O)c3ccc4cc(Cl)ccc4c3)CC2)cc1. The first-order chi connectivity index (χ1) is 13.8. The smallest absolute Gasteiger partial charge is 0.243 e. The first-order valence-electron chi connectivity index (χ1n) is 9.23. The minimum atomic E-state index is -3.56. The van der Waals surface area contributed by atoms with Gasteiger partial charge in [0.05, 0.1) is 4.90 Å². The number of amidine groups is 1. The second-order valence-corrected chi connectivity index (χ2v) is 9.38. The monoisotopic (exact) mass is 428 g/mol. The molecular formula is C21H21ClN4O2S. The molecule has 0 aromatic heterocycles. The van der Waals surface area contributed by atoms with Crippen LogP contribution in [0.2, 0.25) is 5.02 Å². The summed E-state index contributed by atoms with van der Waals surface area (Å²) in [5.41, 5.74) is 7.16. The third-order valence-corrected chi connectivity index (χ3v) is 7.32. The van der Waals surface area contributed by atoms with Crippen molar-refractivity contribution in [1.82, 2.24) is 4.31 Å². The number of rotatable bonds is 4. The van der Waals surface area contributed by atoms with Crippen molar-refractivity contribution in [3.05, 3.63) is 71.2 Å². The predicted molar refractivity (Wildman–Crippen MR) is 117 cm³/mol. The van der Waals surface area contributed by atoms with Crippen LogP contribution in [-0.4, -0.2) is 44.7 Å². The van der Waals surface area contributed by atoms with Gasteiger partial charge in [-0.1, -0.05) is 23.7 Å². The van der Waals surface area contributed by atoms with Crippen LogP contribution in [0.25, 0.3) is 10.8 Å². The van der Waals surface area contributed by atoms with Crippen LogP contribution in [-0.2, 0) is 10.0 Å². The second-order valence-electron chi connectivity index (χ2n) is 7.00. The van der Waals surface area contributed by atoms with Gasteiger partial charge in [0.15, 0.2) is 0 Å². The van der Waals surface area contributed by atoms with Gasteiger partial charge in [-0.15, -0.1) is 0 Å². The molecule has 3 aromatic rings. The van der Waals surface area contributed by atoms with Crippen molar-refractivity contribution in [2.75, 3.05) is 31.1 Å². The van der Waals surface area contributed by atoms with E-state index >= 15 is 0 Å². The summed E-state index contributed by atoms with van der Waals surface area (Å²) in [6.45, 7) is 2.02. The molecule has 3 N–H and O–H groups in total. The number of nitrogens with one attached hydrogen (secondary N) is 1. The van der Waals surface area contributed by atoms with Gasteiger partial charge in [-0.25, -0.2) is 8.42 Å². The lowest BCUT2D eigenvalue weighted by Gasteiger charge is -2.35. The van der Waals surface area contributed by atoms with Gasteiger partial charge < -0.3 is 10.6 Å². The molecular weight excluding hydrogens is 408 g/mol. The van der Waals surface area contributed by atoms with E-state index in [1.807, 2.05) is 36.4 Å². The first-order valence-corrected chi connectivity index (χ1v) is 11.1. The molecule has 0 radical (unpaired) electrons. The number of nitrogens with two attached hydrogens (primary N) is 1. The minimum absolute atomic E-state index is 0.0325. The van der Waals surface area contributed by atoms with E-state index in [2.05, 4.69) is 4.90 Å². The summed E-state index contributed by atoms with van der Waals surface area (Å²) >= 11 is 6.01. The van der Waals surface area contributed by atoms with E-state index in [4.69, 9.17) is 22.7 Å². The van der Waals surface area contributed by atoms with Crippen LogP contribution in [0.1, 0.15) is 5.56 Å². The lowest BCUT2D eigenvalue weighted by molar-refractivity contribution is 0.385. The largest absolute Gasteiger partial charge is 0.384 e. The molecule has 0 amide bonds. The molecule has 6 nitrogen and oxygen atoms in total. The molecule has 1 aliphatic heterocycles. The van der Waals surface area contributed by atoms with Crippen LogP contribution >= 0.6 is 11.6 Å². The number of anilines is 1. The Bertz CT molecular complexity index is 1170. The Labute approximate surface area is 175 Å². The normalized spacial score (nSPS) is 15.6. The van der Waals surface area contributed by atoms with Gasteiger partial charge in [-0.3, -0.25) is 5.41 Å². The molecule has 0 saturated carbocycles. The highest BCUT2D eigenvalue weighted by atomic mass is 35.5. The van der Waals surface area contributed by atoms with Gasteiger partial charge in [0.1, 0.15) is 5.84 Å². The zero-order valence-corrected chi connectivity index (χ0v) is 17.2. The van der Waals surface area contributed by atoms with E-state index in [0.29, 0.717) is 41.7 Å². The van der Waals surface area contributed by atoms with Crippen LogP contribution in [0.4, 0.5) is 5.69 Å². The average Bonchev–Trinajstić information content (AvgIpc) is 2.73. The Morgan fingerprint density at radius 3 is 2.17 bits per heavy atom. The Balaban J connectivity index is 1.50. The maximum absolute atomic E-state index is 13.1. The van der Waals surface area contributed by atoms with Crippen molar-refractivity contribution in [2.45, 2.75) is 4.90 Å². The van der Waals surface area contributed by atoms with Gasteiger partial charge in [0.25, 0.3) is 0 Å². The van der Waals surface area contributed by atoms with Crippen LogP contribution in [0.5, 0.6) is 0 Å². The van der Waals surface area contributed by atoms with E-state index in [0.717, 1.165) is 16.5 Å². The van der Waals surface area contributed by atoms with Gasteiger partial charge in [-0.05, 0) is 59.3 Å². The van der Waals surface area contributed by atoms with Crippen LogP contribution < -0.4 is 10.6 Å². The Morgan fingerprint density at radius 2 is 1.52 bits per heavy atom. The van der Waals surface area contributed by atoms with Crippen molar-refractivity contribution < 1.29 is 8.42 Å². The van der Waals surface area contributed by atoms with Crippen LogP contribution in [0.15, 0.2) is 65.6 Å². The van der Waals surface area contributed by atoms with Crippen molar-refractivity contribution in [2.24, 2.45) is 5.73 Å². The molecule has 0 atom stereocenters. The maximum Gasteiger partial charge on any atom is 0.243 e. The summed E-state index contributed by atoms with van der Waals surface area (Å²) in [5.74, 6) is 0.0325. The Hall–Kier alpha value is -2.61. The summed E-state index contributed by atoms with van der Waals surface area (Å²) in [7, 11) is -3.56. The number of fused-ring (bicyclic) bond motifs is 1. The number of nitrogen functional groups attached to an aromatic ring is 1. The zero-order chi connectivity index (χ0) is 20.6. The molecule has 0 spiro atoms. The number of halogens is 1. The molecule has 150 valence electrons. The standard InChI is InChI=1S/C21H21ClN4O2S/c22-18-5-1-17-14-20(8-4-16(17)13-18)29(27,28)26-11-9-25(10-12-26)19-6-2-15(3-7-19)21(23)24/h1-8,13-14H,9-12H2,(H3,23,24). The van der Waals surface area contributed by atoms with Crippen LogP contribution in [0.3, 0.4) is 0 Å². The summed E-state index contributed by atoms with van der Waals surface area (Å²) in [4.78, 5) is 2.43. The van der Waals surface area contributed by atoms with Crippen molar-refractivity contribution in [1.29, 1.82) is 5.41 Å². The number of hydrogen-bond acceptors (Lipinski definition) is 4. The van der Waals surface area contributed by atoms with Gasteiger partial charge >= 0.3 is 0 Å². The second kappa shape index (κ2) is 7.67. The first kappa shape index (κ1) is 19.7. The molecule has 1 heterocycles. The molecule has 0 unspecified atom stereocenters. The summed E-state index contributed by atoms with van der Waals surface area (Å²) in [6, 6.07) is 18.0. The summed E-state index contributed by atoms with van der Waals surface area (Å²) in [5, 5.41) is 9.86. The molecule has 0 aliphatic carbocycles. The molecule has 8 heteroatoms. The molecule has 1 fully saturated rings. The highest BCUT2D eigenvalue weighted by molar-refractivity contribution is 7.89. The van der Waals surface area contributed by atoms with Crippen molar-refractivity contribution in [3.8, 4) is 0 Å². The summed E-state index contributed by atoms with van der Waals surface area (Å²) in [6.07, 6.45) is 0. The topological polar surface area (TPSA) is 90.5 Å². The van der Waals surface area contributed by atoms with Crippen LogP contribution in [0, 0.1) is 5.41 Å². The number of piperazine rings is 1. The number of nitrogens with zero attached hydrogens (tertiary/aromatic N) is 2. The van der Waals surface area contributed by atoms with E-state index < -0.39 is 10.0 Å². The van der Waals surface area contributed by atoms with Crippen molar-refractivity contribution >= 4 is 43.9 Å². The molecule has 3 aromatic carbocycles. The Morgan fingerprint density at radius 1 is 0.897 bits per heavy atom. The third kappa shape index (κ3) is 3.94. The fraction of sp³-hybridized carbons (Fsp3) is 0.190. The number of benzene rings is 3. The fourth-order valence-electron chi connectivity index (χ4n) is 3.54. The van der Waals surface area contributed by atoms with E-state index in [9.17, 15) is 8.42 Å². The third-order valence-electron chi connectivity index (χ3n) is 5.19. The lowest BCUT2D eigenvalue weighted by Crippen LogP contribution is -2.48. The average molecular weight is 429 g/mol.